The van der Waals surface area contributed by atoms with Gasteiger partial charge < -0.3 is 10.2 Å². The molecule has 0 saturated heterocycles. The second-order valence-electron chi connectivity index (χ2n) is 6.74. The molecule has 136 valence electrons. The number of carboxylic acids is 1. The molecule has 0 saturated carbocycles. The van der Waals surface area contributed by atoms with Gasteiger partial charge in [-0.05, 0) is 25.3 Å². The summed E-state index contributed by atoms with van der Waals surface area (Å²) in [4.78, 5) is 22.4. The maximum atomic E-state index is 12.0. The summed E-state index contributed by atoms with van der Waals surface area (Å²) in [7, 11) is 0. The summed E-state index contributed by atoms with van der Waals surface area (Å²) in [6, 6.07) is 0. The zero-order valence-corrected chi connectivity index (χ0v) is 14.8. The Morgan fingerprint density at radius 3 is 2.67 bits per heavy atom. The molecule has 24 heavy (non-hydrogen) atoms. The summed E-state index contributed by atoms with van der Waals surface area (Å²) in [5.41, 5.74) is 0. The summed E-state index contributed by atoms with van der Waals surface area (Å²) in [6.07, 6.45) is 15.7. The fraction of sp³-hybridized carbons (Fsp3) is 0.700. The molecule has 0 amide bonds. The molecule has 0 bridgehead atoms. The van der Waals surface area contributed by atoms with Gasteiger partial charge in [0.1, 0.15) is 0 Å². The SMILES string of the molecule is CCCCCC(O)/C=C/[C@H]1C=CC(=O)[C@@H]1CCCCCCC(=O)O. The maximum Gasteiger partial charge on any atom is 0.303 e. The molecule has 0 aromatic rings. The topological polar surface area (TPSA) is 74.6 Å². The molecule has 1 aliphatic rings. The zero-order valence-electron chi connectivity index (χ0n) is 14.8. The van der Waals surface area contributed by atoms with Crippen molar-refractivity contribution in [3.8, 4) is 0 Å². The molecule has 0 spiro atoms. The van der Waals surface area contributed by atoms with E-state index in [1.54, 1.807) is 6.08 Å². The second-order valence-corrected chi connectivity index (χ2v) is 6.74. The van der Waals surface area contributed by atoms with E-state index in [0.717, 1.165) is 51.4 Å². The molecule has 0 radical (unpaired) electrons. The highest BCUT2D eigenvalue weighted by Gasteiger charge is 2.27. The first kappa shape index (κ1) is 20.6. The van der Waals surface area contributed by atoms with Crippen LogP contribution < -0.4 is 0 Å². The Balaban J connectivity index is 2.29. The van der Waals surface area contributed by atoms with E-state index in [2.05, 4.69) is 6.92 Å². The van der Waals surface area contributed by atoms with Gasteiger partial charge in [-0.1, -0.05) is 63.7 Å². The Morgan fingerprint density at radius 2 is 1.96 bits per heavy atom. The summed E-state index contributed by atoms with van der Waals surface area (Å²) < 4.78 is 0. The van der Waals surface area contributed by atoms with Crippen LogP contribution >= 0.6 is 0 Å². The lowest BCUT2D eigenvalue weighted by atomic mass is 9.88. The van der Waals surface area contributed by atoms with Crippen molar-refractivity contribution in [3.63, 3.8) is 0 Å². The smallest absolute Gasteiger partial charge is 0.303 e. The van der Waals surface area contributed by atoms with Crippen molar-refractivity contribution >= 4 is 11.8 Å². The van der Waals surface area contributed by atoms with Crippen LogP contribution in [-0.2, 0) is 9.59 Å². The number of aliphatic carboxylic acids is 1. The highest BCUT2D eigenvalue weighted by Crippen LogP contribution is 2.29. The van der Waals surface area contributed by atoms with E-state index in [9.17, 15) is 14.7 Å². The van der Waals surface area contributed by atoms with Crippen molar-refractivity contribution in [1.82, 2.24) is 0 Å². The summed E-state index contributed by atoms with van der Waals surface area (Å²) in [5, 5.41) is 18.6. The van der Waals surface area contributed by atoms with Crippen LogP contribution in [0.1, 0.15) is 71.1 Å². The summed E-state index contributed by atoms with van der Waals surface area (Å²) in [5.74, 6) is -0.482. The van der Waals surface area contributed by atoms with Gasteiger partial charge in [0.15, 0.2) is 5.78 Å². The highest BCUT2D eigenvalue weighted by molar-refractivity contribution is 5.94. The first-order valence-corrected chi connectivity index (χ1v) is 9.34. The molecular weight excluding hydrogens is 304 g/mol. The van der Waals surface area contributed by atoms with E-state index in [-0.39, 0.29) is 24.0 Å². The number of hydrogen-bond acceptors (Lipinski definition) is 3. The van der Waals surface area contributed by atoms with Crippen LogP contribution in [-0.4, -0.2) is 28.1 Å². The minimum absolute atomic E-state index is 0.0106. The quantitative estimate of drug-likeness (QED) is 0.389. The number of ketones is 1. The van der Waals surface area contributed by atoms with Crippen molar-refractivity contribution in [1.29, 1.82) is 0 Å². The third-order valence-electron chi connectivity index (χ3n) is 4.63. The van der Waals surface area contributed by atoms with Gasteiger partial charge in [-0.2, -0.15) is 0 Å². The van der Waals surface area contributed by atoms with Gasteiger partial charge in [0.05, 0.1) is 6.10 Å². The normalized spacial score (nSPS) is 21.7. The van der Waals surface area contributed by atoms with Crippen LogP contribution in [0.2, 0.25) is 0 Å². The van der Waals surface area contributed by atoms with Crippen LogP contribution in [0.4, 0.5) is 0 Å². The molecule has 0 aromatic carbocycles. The number of carbonyl (C=O) groups is 2. The first-order valence-electron chi connectivity index (χ1n) is 9.34. The molecule has 3 atom stereocenters. The molecule has 1 rings (SSSR count). The minimum Gasteiger partial charge on any atom is -0.481 e. The maximum absolute atomic E-state index is 12.0. The fourth-order valence-corrected chi connectivity index (χ4v) is 3.14. The number of rotatable bonds is 13. The van der Waals surface area contributed by atoms with E-state index in [1.807, 2.05) is 18.2 Å². The highest BCUT2D eigenvalue weighted by atomic mass is 16.4. The average Bonchev–Trinajstić information content (AvgIpc) is 2.89. The number of aliphatic hydroxyl groups is 1. The van der Waals surface area contributed by atoms with Crippen LogP contribution in [0.15, 0.2) is 24.3 Å². The average molecular weight is 336 g/mol. The van der Waals surface area contributed by atoms with Crippen LogP contribution in [0.3, 0.4) is 0 Å². The van der Waals surface area contributed by atoms with Crippen molar-refractivity contribution in [2.45, 2.75) is 77.2 Å². The van der Waals surface area contributed by atoms with Gasteiger partial charge in [-0.25, -0.2) is 0 Å². The van der Waals surface area contributed by atoms with Gasteiger partial charge in [0.25, 0.3) is 0 Å². The molecular formula is C20H32O4. The molecule has 0 aromatic heterocycles. The van der Waals surface area contributed by atoms with E-state index in [0.29, 0.717) is 6.42 Å². The number of hydrogen-bond donors (Lipinski definition) is 2. The molecule has 4 heteroatoms. The predicted molar refractivity (Wildman–Crippen MR) is 95.8 cm³/mol. The molecule has 0 aliphatic heterocycles. The third-order valence-corrected chi connectivity index (χ3v) is 4.63. The zero-order chi connectivity index (χ0) is 17.8. The Labute approximate surface area is 145 Å². The van der Waals surface area contributed by atoms with Crippen molar-refractivity contribution in [2.75, 3.05) is 0 Å². The van der Waals surface area contributed by atoms with E-state index >= 15 is 0 Å². The largest absolute Gasteiger partial charge is 0.481 e. The summed E-state index contributed by atoms with van der Waals surface area (Å²) in [6.45, 7) is 2.14. The molecule has 1 aliphatic carbocycles. The Morgan fingerprint density at radius 1 is 1.21 bits per heavy atom. The van der Waals surface area contributed by atoms with E-state index in [4.69, 9.17) is 5.11 Å². The second kappa shape index (κ2) is 12.0. The van der Waals surface area contributed by atoms with Crippen LogP contribution in [0.25, 0.3) is 0 Å². The molecule has 0 heterocycles. The van der Waals surface area contributed by atoms with Gasteiger partial charge in [-0.15, -0.1) is 0 Å². The van der Waals surface area contributed by atoms with Gasteiger partial charge >= 0.3 is 5.97 Å². The van der Waals surface area contributed by atoms with Crippen molar-refractivity contribution < 1.29 is 19.8 Å². The monoisotopic (exact) mass is 336 g/mol. The Kier molecular flexibility index (Phi) is 10.3. The third kappa shape index (κ3) is 8.44. The van der Waals surface area contributed by atoms with Crippen LogP contribution in [0.5, 0.6) is 0 Å². The number of aliphatic hydroxyl groups excluding tert-OH is 1. The number of carboxylic acid groups (broad SMARTS) is 1. The van der Waals surface area contributed by atoms with E-state index < -0.39 is 12.1 Å². The molecule has 1 unspecified atom stereocenters. The predicted octanol–water partition coefficient (Wildman–Crippen LogP) is 4.28. The van der Waals surface area contributed by atoms with Gasteiger partial charge in [0, 0.05) is 18.3 Å². The fourth-order valence-electron chi connectivity index (χ4n) is 3.14. The van der Waals surface area contributed by atoms with E-state index in [1.165, 1.54) is 0 Å². The standard InChI is InChI=1S/C20H32O4/c1-2-3-6-9-17(21)14-12-16-13-15-19(22)18(16)10-7-4-5-8-11-20(23)24/h12-18,21H,2-11H2,1H3,(H,23,24)/b14-12+/t16-,17?,18+/m0/s1. The van der Waals surface area contributed by atoms with Gasteiger partial charge in [-0.3, -0.25) is 9.59 Å². The number of allylic oxidation sites excluding steroid dienone is 3. The minimum atomic E-state index is -0.743. The molecule has 4 nitrogen and oxygen atoms in total. The lowest BCUT2D eigenvalue weighted by Gasteiger charge is -2.15. The lowest BCUT2D eigenvalue weighted by Crippen LogP contribution is -2.15. The Bertz CT molecular complexity index is 439. The first-order chi connectivity index (χ1) is 11.5. The molecule has 0 fully saturated rings. The van der Waals surface area contributed by atoms with Gasteiger partial charge in [0.2, 0.25) is 0 Å². The van der Waals surface area contributed by atoms with Crippen LogP contribution in [0, 0.1) is 11.8 Å². The van der Waals surface area contributed by atoms with Crippen molar-refractivity contribution in [3.05, 3.63) is 24.3 Å². The Hall–Kier alpha value is -1.42. The van der Waals surface area contributed by atoms with Crippen molar-refractivity contribution in [2.24, 2.45) is 11.8 Å². The summed E-state index contributed by atoms with van der Waals surface area (Å²) >= 11 is 0. The number of carbonyl (C=O) groups excluding carboxylic acids is 1. The molecule has 2 N–H and O–H groups in total. The number of unbranched alkanes of at least 4 members (excludes halogenated alkanes) is 5. The lowest BCUT2D eigenvalue weighted by molar-refractivity contribution is -0.137.